The van der Waals surface area contributed by atoms with Crippen LogP contribution in [0.5, 0.6) is 11.5 Å². The molecule has 0 spiro atoms. The number of amides is 2. The summed E-state index contributed by atoms with van der Waals surface area (Å²) in [6.07, 6.45) is -3.37. The van der Waals surface area contributed by atoms with Gasteiger partial charge in [0.2, 0.25) is 0 Å². The van der Waals surface area contributed by atoms with Crippen LogP contribution in [0.3, 0.4) is 0 Å². The van der Waals surface area contributed by atoms with Crippen LogP contribution >= 0.6 is 11.6 Å². The summed E-state index contributed by atoms with van der Waals surface area (Å²) in [6, 6.07) is 17.2. The summed E-state index contributed by atoms with van der Waals surface area (Å²) >= 11 is 5.90. The van der Waals surface area contributed by atoms with E-state index in [1.54, 1.807) is 54.6 Å². The van der Waals surface area contributed by atoms with Crippen molar-refractivity contribution in [2.45, 2.75) is 18.6 Å². The topological polar surface area (TPSA) is 76.2 Å². The van der Waals surface area contributed by atoms with Gasteiger partial charge >= 0.3 is 12.2 Å². The quantitative estimate of drug-likeness (QED) is 0.217. The fourth-order valence-corrected chi connectivity index (χ4v) is 4.63. The van der Waals surface area contributed by atoms with Gasteiger partial charge in [0.25, 0.3) is 10.1 Å². The molecule has 4 rings (SSSR count). The van der Waals surface area contributed by atoms with Crippen molar-refractivity contribution in [1.29, 1.82) is 0 Å². The highest BCUT2D eigenvalue weighted by atomic mass is 35.5. The Bertz CT molecular complexity index is 1380. The Morgan fingerprint density at radius 3 is 2.24 bits per heavy atom. The number of benzene rings is 3. The number of nitrogens with zero attached hydrogens (tertiary/aromatic N) is 2. The molecule has 202 valence electrons. The number of alkyl halides is 3. The van der Waals surface area contributed by atoms with Crippen LogP contribution in [0.2, 0.25) is 5.02 Å². The summed E-state index contributed by atoms with van der Waals surface area (Å²) in [6.45, 7) is 0.160. The van der Waals surface area contributed by atoms with Gasteiger partial charge in [-0.2, -0.15) is 21.6 Å². The Balaban J connectivity index is 1.58. The Kier molecular flexibility index (Phi) is 8.19. The number of hydrogen-bond donors (Lipinski definition) is 0. The van der Waals surface area contributed by atoms with Gasteiger partial charge < -0.3 is 9.64 Å². The third-order valence-electron chi connectivity index (χ3n) is 5.81. The first-order valence-corrected chi connectivity index (χ1v) is 13.7. The van der Waals surface area contributed by atoms with Gasteiger partial charge in [0.05, 0.1) is 24.5 Å². The molecule has 0 aromatic heterocycles. The van der Waals surface area contributed by atoms with E-state index in [-0.39, 0.29) is 26.1 Å². The number of urea groups is 1. The highest BCUT2D eigenvalue weighted by molar-refractivity contribution is 7.85. The summed E-state index contributed by atoms with van der Waals surface area (Å²) in [4.78, 5) is 16.3. The van der Waals surface area contributed by atoms with Gasteiger partial charge in [0, 0.05) is 23.8 Å². The predicted octanol–water partition coefficient (Wildman–Crippen LogP) is 6.50. The highest BCUT2D eigenvalue weighted by Crippen LogP contribution is 2.38. The van der Waals surface area contributed by atoms with Gasteiger partial charge in [0.15, 0.2) is 0 Å². The van der Waals surface area contributed by atoms with Crippen molar-refractivity contribution in [3.8, 4) is 11.5 Å². The monoisotopic (exact) mass is 568 g/mol. The minimum absolute atomic E-state index is 0.113. The van der Waals surface area contributed by atoms with Crippen LogP contribution in [0.15, 0.2) is 72.8 Å². The van der Waals surface area contributed by atoms with Gasteiger partial charge in [-0.05, 0) is 72.6 Å². The Morgan fingerprint density at radius 2 is 1.63 bits per heavy atom. The lowest BCUT2D eigenvalue weighted by molar-refractivity contribution is -0.137. The Morgan fingerprint density at radius 1 is 1.00 bits per heavy atom. The van der Waals surface area contributed by atoms with Crippen molar-refractivity contribution in [2.75, 3.05) is 30.9 Å². The molecule has 1 unspecified atom stereocenters. The van der Waals surface area contributed by atoms with Crippen LogP contribution in [-0.2, 0) is 20.5 Å². The maximum atomic E-state index is 13.4. The molecule has 3 aromatic rings. The number of carbonyl (C=O) groups excluding carboxylic acids is 1. The van der Waals surface area contributed by atoms with Gasteiger partial charge in [-0.15, -0.1) is 0 Å². The molecule has 0 bridgehead atoms. The highest BCUT2D eigenvalue weighted by Gasteiger charge is 2.40. The van der Waals surface area contributed by atoms with Crippen LogP contribution < -0.4 is 9.64 Å². The zero-order valence-corrected chi connectivity index (χ0v) is 21.8. The van der Waals surface area contributed by atoms with E-state index in [1.807, 2.05) is 0 Å². The van der Waals surface area contributed by atoms with Crippen molar-refractivity contribution >= 4 is 33.4 Å². The number of hydrogen-bond acceptors (Lipinski definition) is 5. The molecule has 3 aromatic carbocycles. The molecule has 0 saturated carbocycles. The van der Waals surface area contributed by atoms with Crippen molar-refractivity contribution in [3.05, 3.63) is 88.9 Å². The summed E-state index contributed by atoms with van der Waals surface area (Å²) in [7, 11) is -3.63. The molecule has 0 N–H and O–H groups in total. The van der Waals surface area contributed by atoms with Gasteiger partial charge in [0.1, 0.15) is 11.5 Å². The molecular weight excluding hydrogens is 545 g/mol. The van der Waals surface area contributed by atoms with E-state index in [4.69, 9.17) is 20.5 Å². The zero-order valence-electron chi connectivity index (χ0n) is 20.2. The molecule has 1 saturated heterocycles. The van der Waals surface area contributed by atoms with Crippen molar-refractivity contribution in [1.82, 2.24) is 4.90 Å². The summed E-state index contributed by atoms with van der Waals surface area (Å²) in [5.74, 6) is 1.05. The van der Waals surface area contributed by atoms with Crippen LogP contribution in [0.4, 0.5) is 23.7 Å². The maximum absolute atomic E-state index is 13.4. The van der Waals surface area contributed by atoms with Gasteiger partial charge in [-0.25, -0.2) is 4.79 Å². The number of ether oxygens (including phenoxy) is 1. The molecule has 0 aliphatic carbocycles. The third kappa shape index (κ3) is 6.97. The number of carbonyl (C=O) groups is 1. The minimum Gasteiger partial charge on any atom is -0.457 e. The molecule has 1 heterocycles. The molecule has 0 radical (unpaired) electrons. The number of halogens is 4. The number of rotatable bonds is 9. The molecule has 1 aliphatic heterocycles. The van der Waals surface area contributed by atoms with Crippen LogP contribution in [0.1, 0.15) is 23.6 Å². The van der Waals surface area contributed by atoms with E-state index in [9.17, 15) is 26.4 Å². The molecule has 38 heavy (non-hydrogen) atoms. The predicted molar refractivity (Wildman–Crippen MR) is 137 cm³/mol. The normalized spacial score (nSPS) is 16.2. The summed E-state index contributed by atoms with van der Waals surface area (Å²) in [5, 5.41) is 0.563. The maximum Gasteiger partial charge on any atom is 0.416 e. The molecule has 12 heteroatoms. The largest absolute Gasteiger partial charge is 0.457 e. The Hall–Kier alpha value is -3.28. The summed E-state index contributed by atoms with van der Waals surface area (Å²) < 4.78 is 73.2. The summed E-state index contributed by atoms with van der Waals surface area (Å²) in [5.41, 5.74) is -0.0191. The molecule has 1 atom stereocenters. The average Bonchev–Trinajstić information content (AvgIpc) is 3.19. The van der Waals surface area contributed by atoms with E-state index >= 15 is 0 Å². The first-order chi connectivity index (χ1) is 17.9. The fraction of sp³-hybridized carbons (Fsp3) is 0.269. The molecule has 2 amide bonds. The lowest BCUT2D eigenvalue weighted by Gasteiger charge is -2.24. The fourth-order valence-electron chi connectivity index (χ4n) is 4.09. The zero-order chi connectivity index (χ0) is 27.5. The SMILES string of the molecule is CS(=O)(=O)OCCCN1CC(c2cccc(C(F)(F)F)c2)N(c2ccc(Oc3ccc(Cl)cc3)cc2)C1=O. The lowest BCUT2D eigenvalue weighted by Crippen LogP contribution is -2.33. The molecule has 1 aliphatic rings. The second-order valence-electron chi connectivity index (χ2n) is 8.67. The number of anilines is 1. The molecule has 1 fully saturated rings. The first kappa shape index (κ1) is 27.7. The van der Waals surface area contributed by atoms with Crippen LogP contribution in [0.25, 0.3) is 0 Å². The molecule has 7 nitrogen and oxygen atoms in total. The average molecular weight is 569 g/mol. The van der Waals surface area contributed by atoms with Gasteiger partial charge in [-0.3, -0.25) is 9.08 Å². The van der Waals surface area contributed by atoms with Crippen LogP contribution in [-0.4, -0.2) is 45.3 Å². The minimum atomic E-state index is -4.53. The Labute approximate surface area is 223 Å². The van der Waals surface area contributed by atoms with Crippen molar-refractivity contribution in [3.63, 3.8) is 0 Å². The lowest BCUT2D eigenvalue weighted by atomic mass is 10.0. The van der Waals surface area contributed by atoms with E-state index < -0.39 is 33.9 Å². The van der Waals surface area contributed by atoms with Gasteiger partial charge in [-0.1, -0.05) is 23.7 Å². The van der Waals surface area contributed by atoms with E-state index in [0.717, 1.165) is 18.4 Å². The van der Waals surface area contributed by atoms with E-state index in [1.165, 1.54) is 15.9 Å². The third-order valence-corrected chi connectivity index (χ3v) is 6.66. The second kappa shape index (κ2) is 11.2. The van der Waals surface area contributed by atoms with Crippen molar-refractivity contribution in [2.24, 2.45) is 0 Å². The second-order valence-corrected chi connectivity index (χ2v) is 10.7. The van der Waals surface area contributed by atoms with E-state index in [0.29, 0.717) is 27.8 Å². The standard InChI is InChI=1S/C26H24ClF3N2O5S/c1-38(34,35)36-15-3-14-31-17-24(18-4-2-5-19(16-18)26(28,29)30)32(25(31)33)21-8-12-23(13-9-21)37-22-10-6-20(27)7-11-22/h2,4-13,16,24H,3,14-15,17H2,1H3. The molecular formula is C26H24ClF3N2O5S. The first-order valence-electron chi connectivity index (χ1n) is 11.5. The van der Waals surface area contributed by atoms with Crippen LogP contribution in [0, 0.1) is 0 Å². The van der Waals surface area contributed by atoms with E-state index in [2.05, 4.69) is 0 Å². The smallest absolute Gasteiger partial charge is 0.416 e. The van der Waals surface area contributed by atoms with Crippen molar-refractivity contribution < 1.29 is 35.3 Å².